The van der Waals surface area contributed by atoms with Gasteiger partial charge in [-0.15, -0.1) is 0 Å². The number of anilines is 1. The minimum atomic E-state index is -0.889. The third-order valence-electron chi connectivity index (χ3n) is 3.95. The van der Waals surface area contributed by atoms with E-state index in [2.05, 4.69) is 4.98 Å². The van der Waals surface area contributed by atoms with E-state index in [1.807, 2.05) is 0 Å². The Morgan fingerprint density at radius 2 is 1.72 bits per heavy atom. The van der Waals surface area contributed by atoms with Gasteiger partial charge in [0.1, 0.15) is 5.82 Å². The van der Waals surface area contributed by atoms with E-state index in [9.17, 15) is 14.0 Å². The van der Waals surface area contributed by atoms with Crippen molar-refractivity contribution < 1.29 is 27.8 Å². The van der Waals surface area contributed by atoms with Crippen LogP contribution in [0.1, 0.15) is 20.8 Å². The van der Waals surface area contributed by atoms with Crippen LogP contribution in [-0.2, 0) is 19.1 Å². The normalized spacial score (nSPS) is 10.2. The first-order valence-electron chi connectivity index (χ1n) is 9.15. The van der Waals surface area contributed by atoms with Crippen molar-refractivity contribution in [1.82, 2.24) is 4.98 Å². The molecule has 1 aromatic carbocycles. The third-order valence-corrected chi connectivity index (χ3v) is 3.95. The van der Waals surface area contributed by atoms with Crippen LogP contribution in [0.25, 0.3) is 11.1 Å². The molecule has 0 saturated carbocycles. The molecule has 2 aromatic rings. The predicted molar refractivity (Wildman–Crippen MR) is 104 cm³/mol. The van der Waals surface area contributed by atoms with Crippen LogP contribution in [0.2, 0.25) is 0 Å². The van der Waals surface area contributed by atoms with Crippen LogP contribution in [0.5, 0.6) is 0 Å². The van der Waals surface area contributed by atoms with E-state index in [1.165, 1.54) is 29.4 Å². The zero-order chi connectivity index (χ0) is 21.4. The van der Waals surface area contributed by atoms with E-state index in [0.717, 1.165) is 12.3 Å². The summed E-state index contributed by atoms with van der Waals surface area (Å²) in [5.41, 5.74) is -0.391. The quantitative estimate of drug-likeness (QED) is 0.288. The van der Waals surface area contributed by atoms with Gasteiger partial charge in [0.05, 0.1) is 24.5 Å². The summed E-state index contributed by atoms with van der Waals surface area (Å²) in [6.45, 7) is 5.18. The van der Waals surface area contributed by atoms with Gasteiger partial charge < -0.3 is 14.4 Å². The second-order valence-electron chi connectivity index (χ2n) is 5.77. The van der Waals surface area contributed by atoms with Crippen molar-refractivity contribution in [1.29, 1.82) is 0 Å². The molecule has 0 unspecified atom stereocenters. The Bertz CT molecular complexity index is 881. The van der Waals surface area contributed by atoms with Crippen molar-refractivity contribution in [3.63, 3.8) is 0 Å². The highest BCUT2D eigenvalue weighted by molar-refractivity contribution is 6.14. The topological polar surface area (TPSA) is 68.7 Å². The molecule has 154 valence electrons. The molecule has 2 rings (SSSR count). The first-order valence-corrected chi connectivity index (χ1v) is 9.15. The van der Waals surface area contributed by atoms with Crippen molar-refractivity contribution in [2.45, 2.75) is 20.8 Å². The summed E-state index contributed by atoms with van der Waals surface area (Å²) in [5, 5.41) is 0. The molecular formula is C21H22F2N2O4. The van der Waals surface area contributed by atoms with E-state index in [0.29, 0.717) is 0 Å². The lowest BCUT2D eigenvalue weighted by atomic mass is 10.0. The maximum atomic E-state index is 15.2. The summed E-state index contributed by atoms with van der Waals surface area (Å²) in [7, 11) is 0. The van der Waals surface area contributed by atoms with Crippen molar-refractivity contribution in [3.05, 3.63) is 60.1 Å². The van der Waals surface area contributed by atoms with Gasteiger partial charge in [0.15, 0.2) is 11.4 Å². The minimum Gasteiger partial charge on any atom is -0.462 e. The Morgan fingerprint density at radius 3 is 2.24 bits per heavy atom. The largest absolute Gasteiger partial charge is 0.462 e. The molecular weight excluding hydrogens is 382 g/mol. The lowest BCUT2D eigenvalue weighted by Gasteiger charge is -2.22. The van der Waals surface area contributed by atoms with Crippen LogP contribution in [0.3, 0.4) is 0 Å². The van der Waals surface area contributed by atoms with Crippen molar-refractivity contribution in [2.24, 2.45) is 0 Å². The van der Waals surface area contributed by atoms with Crippen LogP contribution in [0.4, 0.5) is 14.5 Å². The summed E-state index contributed by atoms with van der Waals surface area (Å²) in [6.07, 6.45) is 3.99. The Hall–Kier alpha value is -3.29. The molecule has 0 atom stereocenters. The molecule has 0 radical (unpaired) electrons. The van der Waals surface area contributed by atoms with Crippen LogP contribution in [0, 0.1) is 11.6 Å². The number of halogens is 2. The smallest absolute Gasteiger partial charge is 0.347 e. The fourth-order valence-electron chi connectivity index (χ4n) is 2.63. The molecule has 0 saturated heterocycles. The molecule has 0 aliphatic rings. The average molecular weight is 404 g/mol. The molecule has 6 nitrogen and oxygen atoms in total. The zero-order valence-corrected chi connectivity index (χ0v) is 16.4. The number of esters is 2. The number of benzene rings is 1. The second kappa shape index (κ2) is 10.3. The van der Waals surface area contributed by atoms with Crippen LogP contribution in [0.15, 0.2) is 48.4 Å². The number of nitrogens with zero attached hydrogens (tertiary/aromatic N) is 2. The van der Waals surface area contributed by atoms with Gasteiger partial charge in [-0.3, -0.25) is 4.98 Å². The number of rotatable bonds is 8. The second-order valence-corrected chi connectivity index (χ2v) is 5.77. The first-order chi connectivity index (χ1) is 13.9. The van der Waals surface area contributed by atoms with Gasteiger partial charge in [0, 0.05) is 30.7 Å². The fraction of sp³-hybridized carbons (Fsp3) is 0.286. The molecule has 1 heterocycles. The number of aromatic nitrogens is 1. The lowest BCUT2D eigenvalue weighted by Crippen LogP contribution is -2.25. The summed E-state index contributed by atoms with van der Waals surface area (Å²) in [6, 6.07) is 5.45. The van der Waals surface area contributed by atoms with Crippen molar-refractivity contribution >= 4 is 17.6 Å². The minimum absolute atomic E-state index is 0.0150. The molecule has 0 aliphatic heterocycles. The fourth-order valence-corrected chi connectivity index (χ4v) is 2.63. The first kappa shape index (κ1) is 22.0. The lowest BCUT2D eigenvalue weighted by molar-refractivity contribution is -0.146. The molecule has 0 N–H and O–H groups in total. The van der Waals surface area contributed by atoms with Gasteiger partial charge in [-0.05, 0) is 39.0 Å². The van der Waals surface area contributed by atoms with Crippen LogP contribution in [-0.4, -0.2) is 36.7 Å². The van der Waals surface area contributed by atoms with Crippen LogP contribution >= 0.6 is 0 Å². The molecule has 0 aliphatic carbocycles. The number of carbonyl (C=O) groups is 2. The van der Waals surface area contributed by atoms with E-state index in [-0.39, 0.29) is 42.1 Å². The monoisotopic (exact) mass is 404 g/mol. The number of carbonyl (C=O) groups excluding carboxylic acids is 2. The van der Waals surface area contributed by atoms with Crippen molar-refractivity contribution in [3.8, 4) is 11.1 Å². The van der Waals surface area contributed by atoms with Gasteiger partial charge in [-0.2, -0.15) is 0 Å². The van der Waals surface area contributed by atoms with E-state index >= 15 is 4.39 Å². The summed E-state index contributed by atoms with van der Waals surface area (Å²) in [4.78, 5) is 29.6. The maximum absolute atomic E-state index is 15.2. The molecule has 0 fully saturated rings. The van der Waals surface area contributed by atoms with Crippen molar-refractivity contribution in [2.75, 3.05) is 24.7 Å². The Balaban J connectivity index is 2.56. The summed E-state index contributed by atoms with van der Waals surface area (Å²) < 4.78 is 39.4. The standard InChI is InChI=1S/C21H22F2N2O4/c1-4-25(13-15(20(26)28-5-2)21(27)29-6-3)17-10-9-16(22)18(19(17)23)14-8-7-11-24-12-14/h7-13H,4-6H2,1-3H3. The summed E-state index contributed by atoms with van der Waals surface area (Å²) in [5.74, 6) is -3.38. The van der Waals surface area contributed by atoms with Gasteiger partial charge in [-0.25, -0.2) is 18.4 Å². The third kappa shape index (κ3) is 5.16. The highest BCUT2D eigenvalue weighted by atomic mass is 19.1. The maximum Gasteiger partial charge on any atom is 0.347 e. The number of pyridine rings is 1. The number of ether oxygens (including phenoxy) is 2. The molecule has 29 heavy (non-hydrogen) atoms. The molecule has 0 spiro atoms. The average Bonchev–Trinajstić information content (AvgIpc) is 2.71. The Morgan fingerprint density at radius 1 is 1.07 bits per heavy atom. The van der Waals surface area contributed by atoms with E-state index in [4.69, 9.17) is 9.47 Å². The molecule has 1 aromatic heterocycles. The Labute approximate surface area is 167 Å². The Kier molecular flexibility index (Phi) is 7.82. The van der Waals surface area contributed by atoms with Gasteiger partial charge in [0.2, 0.25) is 0 Å². The molecule has 0 bridgehead atoms. The number of hydrogen-bond donors (Lipinski definition) is 0. The van der Waals surface area contributed by atoms with Gasteiger partial charge in [-0.1, -0.05) is 6.07 Å². The van der Waals surface area contributed by atoms with Crippen LogP contribution < -0.4 is 4.90 Å². The molecule has 8 heteroatoms. The van der Waals surface area contributed by atoms with Gasteiger partial charge >= 0.3 is 11.9 Å². The van der Waals surface area contributed by atoms with E-state index < -0.39 is 23.6 Å². The predicted octanol–water partition coefficient (Wildman–Crippen LogP) is 3.86. The van der Waals surface area contributed by atoms with Gasteiger partial charge in [0.25, 0.3) is 0 Å². The van der Waals surface area contributed by atoms with E-state index in [1.54, 1.807) is 26.8 Å². The number of hydrogen-bond acceptors (Lipinski definition) is 6. The molecule has 0 amide bonds. The zero-order valence-electron chi connectivity index (χ0n) is 16.4. The summed E-state index contributed by atoms with van der Waals surface area (Å²) >= 11 is 0. The SMILES string of the molecule is CCOC(=O)C(=CN(CC)c1ccc(F)c(-c2cccnc2)c1F)C(=O)OCC. The highest BCUT2D eigenvalue weighted by Gasteiger charge is 2.24. The highest BCUT2D eigenvalue weighted by Crippen LogP contribution is 2.32.